The predicted molar refractivity (Wildman–Crippen MR) is 116 cm³/mol. The van der Waals surface area contributed by atoms with E-state index < -0.39 is 23.6 Å². The SMILES string of the molecule is CNC(=O)[C@@H]1C[C@@H](O)CN1C(=O)[C@@H](n1cc(-c2ccc3c(c2)CCC3)nn1)C(C)(C)C. The number of β-amino-alcohol motifs (C(OH)–C–C–N with tert-alkyl or cyclic N) is 1. The van der Waals surface area contributed by atoms with E-state index in [0.717, 1.165) is 24.1 Å². The smallest absolute Gasteiger partial charge is 0.248 e. The number of aliphatic hydroxyl groups is 1. The summed E-state index contributed by atoms with van der Waals surface area (Å²) < 4.78 is 1.61. The van der Waals surface area contributed by atoms with Crippen molar-refractivity contribution in [1.82, 2.24) is 25.2 Å². The molecule has 1 aliphatic carbocycles. The number of carbonyl (C=O) groups excluding carboxylic acids is 2. The number of benzene rings is 1. The molecule has 0 bridgehead atoms. The highest BCUT2D eigenvalue weighted by atomic mass is 16.3. The van der Waals surface area contributed by atoms with Gasteiger partial charge in [-0.15, -0.1) is 5.10 Å². The largest absolute Gasteiger partial charge is 0.391 e. The van der Waals surface area contributed by atoms with E-state index >= 15 is 0 Å². The number of aromatic nitrogens is 3. The Morgan fingerprint density at radius 1 is 1.23 bits per heavy atom. The van der Waals surface area contributed by atoms with Crippen molar-refractivity contribution in [2.45, 2.75) is 64.6 Å². The number of hydrogen-bond acceptors (Lipinski definition) is 5. The van der Waals surface area contributed by atoms with E-state index in [0.29, 0.717) is 0 Å². The van der Waals surface area contributed by atoms with Crippen molar-refractivity contribution in [2.24, 2.45) is 5.41 Å². The molecule has 2 aliphatic rings. The quantitative estimate of drug-likeness (QED) is 0.777. The number of nitrogens with zero attached hydrogens (tertiary/aromatic N) is 4. The molecule has 1 aliphatic heterocycles. The van der Waals surface area contributed by atoms with Crippen LogP contribution in [0.4, 0.5) is 0 Å². The Kier molecular flexibility index (Phi) is 5.60. The van der Waals surface area contributed by atoms with Crippen LogP contribution in [0.5, 0.6) is 0 Å². The summed E-state index contributed by atoms with van der Waals surface area (Å²) in [5.41, 5.74) is 4.00. The van der Waals surface area contributed by atoms with Crippen molar-refractivity contribution in [3.05, 3.63) is 35.5 Å². The maximum absolute atomic E-state index is 13.6. The van der Waals surface area contributed by atoms with Crippen molar-refractivity contribution in [3.8, 4) is 11.3 Å². The highest BCUT2D eigenvalue weighted by Crippen LogP contribution is 2.35. The van der Waals surface area contributed by atoms with Gasteiger partial charge >= 0.3 is 0 Å². The third-order valence-electron chi connectivity index (χ3n) is 6.33. The first-order valence-electron chi connectivity index (χ1n) is 10.9. The number of nitrogens with one attached hydrogen (secondary N) is 1. The summed E-state index contributed by atoms with van der Waals surface area (Å²) in [6.45, 7) is 6.03. The molecule has 0 saturated carbocycles. The molecule has 2 N–H and O–H groups in total. The van der Waals surface area contributed by atoms with Crippen molar-refractivity contribution < 1.29 is 14.7 Å². The van der Waals surface area contributed by atoms with Crippen LogP contribution < -0.4 is 5.32 Å². The van der Waals surface area contributed by atoms with Gasteiger partial charge in [-0.2, -0.15) is 0 Å². The van der Waals surface area contributed by atoms with Gasteiger partial charge in [-0.25, -0.2) is 4.68 Å². The zero-order valence-electron chi connectivity index (χ0n) is 18.6. The van der Waals surface area contributed by atoms with Crippen LogP contribution in [0.3, 0.4) is 0 Å². The summed E-state index contributed by atoms with van der Waals surface area (Å²) in [6.07, 6.45) is 4.71. The molecule has 8 heteroatoms. The van der Waals surface area contributed by atoms with E-state index in [9.17, 15) is 14.7 Å². The first-order valence-corrected chi connectivity index (χ1v) is 10.9. The summed E-state index contributed by atoms with van der Waals surface area (Å²) in [5, 5.41) is 21.4. The van der Waals surface area contributed by atoms with E-state index in [-0.39, 0.29) is 24.8 Å². The average Bonchev–Trinajstić information content (AvgIpc) is 3.44. The standard InChI is InChI=1S/C23H31N5O3/c1-23(2,3)20(22(31)27-12-17(29)11-19(27)21(30)24-4)28-13-18(25-26-28)16-9-8-14-6-5-7-15(14)10-16/h8-10,13,17,19-20,29H,5-7,11-12H2,1-4H3,(H,24,30)/t17-,19+,20-/m1/s1. The molecule has 2 aromatic rings. The van der Waals surface area contributed by atoms with Crippen LogP contribution >= 0.6 is 0 Å². The van der Waals surface area contributed by atoms with E-state index in [1.807, 2.05) is 27.0 Å². The number of likely N-dealkylation sites (tertiary alicyclic amines) is 1. The lowest BCUT2D eigenvalue weighted by molar-refractivity contribution is -0.144. The summed E-state index contributed by atoms with van der Waals surface area (Å²) in [6, 6.07) is 5.05. The Bertz CT molecular complexity index is 993. The summed E-state index contributed by atoms with van der Waals surface area (Å²) >= 11 is 0. The van der Waals surface area contributed by atoms with Crippen molar-refractivity contribution in [2.75, 3.05) is 13.6 Å². The fourth-order valence-electron chi connectivity index (χ4n) is 4.78. The molecule has 1 fully saturated rings. The first-order chi connectivity index (χ1) is 14.7. The van der Waals surface area contributed by atoms with Gasteiger partial charge in [0.1, 0.15) is 17.8 Å². The molecule has 0 radical (unpaired) electrons. The minimum Gasteiger partial charge on any atom is -0.391 e. The molecule has 1 aromatic carbocycles. The lowest BCUT2D eigenvalue weighted by atomic mass is 9.85. The zero-order valence-corrected chi connectivity index (χ0v) is 18.6. The van der Waals surface area contributed by atoms with Crippen molar-refractivity contribution in [1.29, 1.82) is 0 Å². The minimum atomic E-state index is -0.718. The maximum Gasteiger partial charge on any atom is 0.248 e. The second kappa shape index (κ2) is 8.07. The van der Waals surface area contributed by atoms with Crippen LogP contribution in [0.25, 0.3) is 11.3 Å². The number of likely N-dealkylation sites (N-methyl/N-ethyl adjacent to an activating group) is 1. The average molecular weight is 426 g/mol. The van der Waals surface area contributed by atoms with Gasteiger partial charge in [0.25, 0.3) is 0 Å². The van der Waals surface area contributed by atoms with E-state index in [2.05, 4.69) is 33.8 Å². The number of aliphatic hydroxyl groups excluding tert-OH is 1. The van der Waals surface area contributed by atoms with Crippen LogP contribution in [-0.2, 0) is 22.4 Å². The van der Waals surface area contributed by atoms with Gasteiger partial charge in [0, 0.05) is 25.6 Å². The fraction of sp³-hybridized carbons (Fsp3) is 0.565. The Morgan fingerprint density at radius 2 is 1.97 bits per heavy atom. The predicted octanol–water partition coefficient (Wildman–Crippen LogP) is 1.73. The Morgan fingerprint density at radius 3 is 2.68 bits per heavy atom. The number of carbonyl (C=O) groups is 2. The van der Waals surface area contributed by atoms with Crippen LogP contribution in [-0.4, -0.2) is 62.6 Å². The van der Waals surface area contributed by atoms with Crippen molar-refractivity contribution in [3.63, 3.8) is 0 Å². The molecule has 4 rings (SSSR count). The number of fused-ring (bicyclic) bond motifs is 1. The number of hydrogen-bond donors (Lipinski definition) is 2. The normalized spacial score (nSPS) is 21.8. The molecule has 2 amide bonds. The molecule has 3 atom stereocenters. The Labute approximate surface area is 182 Å². The number of amides is 2. The van der Waals surface area contributed by atoms with Gasteiger partial charge in [0.2, 0.25) is 11.8 Å². The molecule has 31 heavy (non-hydrogen) atoms. The molecule has 8 nitrogen and oxygen atoms in total. The number of aryl methyl sites for hydroxylation is 2. The molecule has 0 spiro atoms. The van der Waals surface area contributed by atoms with Crippen LogP contribution in [0.2, 0.25) is 0 Å². The van der Waals surface area contributed by atoms with Crippen LogP contribution in [0, 0.1) is 5.41 Å². The summed E-state index contributed by atoms with van der Waals surface area (Å²) in [5.74, 6) is -0.502. The molecule has 2 heterocycles. The molecule has 1 saturated heterocycles. The number of rotatable bonds is 4. The van der Waals surface area contributed by atoms with Crippen LogP contribution in [0.1, 0.15) is 50.8 Å². The molecule has 166 valence electrons. The summed E-state index contributed by atoms with van der Waals surface area (Å²) in [4.78, 5) is 27.4. The second-order valence-electron chi connectivity index (χ2n) is 9.70. The van der Waals surface area contributed by atoms with E-state index in [1.165, 1.54) is 29.5 Å². The van der Waals surface area contributed by atoms with Gasteiger partial charge in [0.15, 0.2) is 0 Å². The van der Waals surface area contributed by atoms with Crippen molar-refractivity contribution >= 4 is 11.8 Å². The van der Waals surface area contributed by atoms with E-state index in [4.69, 9.17) is 0 Å². The third-order valence-corrected chi connectivity index (χ3v) is 6.33. The zero-order chi connectivity index (χ0) is 22.3. The monoisotopic (exact) mass is 425 g/mol. The molecular formula is C23H31N5O3. The highest BCUT2D eigenvalue weighted by Gasteiger charge is 2.45. The fourth-order valence-corrected chi connectivity index (χ4v) is 4.78. The molecule has 0 unspecified atom stereocenters. The first kappa shape index (κ1) is 21.5. The minimum absolute atomic E-state index is 0.135. The Balaban J connectivity index is 1.65. The highest BCUT2D eigenvalue weighted by molar-refractivity contribution is 5.90. The molecule has 1 aromatic heterocycles. The van der Waals surface area contributed by atoms with Crippen LogP contribution in [0.15, 0.2) is 24.4 Å². The van der Waals surface area contributed by atoms with Gasteiger partial charge in [0.05, 0.1) is 12.3 Å². The van der Waals surface area contributed by atoms with Gasteiger partial charge < -0.3 is 15.3 Å². The van der Waals surface area contributed by atoms with Gasteiger partial charge in [-0.05, 0) is 41.9 Å². The van der Waals surface area contributed by atoms with Gasteiger partial charge in [-0.3, -0.25) is 9.59 Å². The lowest BCUT2D eigenvalue weighted by Gasteiger charge is -2.34. The molecular weight excluding hydrogens is 394 g/mol. The van der Waals surface area contributed by atoms with E-state index in [1.54, 1.807) is 4.68 Å². The lowest BCUT2D eigenvalue weighted by Crippen LogP contribution is -2.49. The maximum atomic E-state index is 13.6. The Hall–Kier alpha value is -2.74. The van der Waals surface area contributed by atoms with Gasteiger partial charge in [-0.1, -0.05) is 38.1 Å². The third kappa shape index (κ3) is 4.08. The topological polar surface area (TPSA) is 100 Å². The second-order valence-corrected chi connectivity index (χ2v) is 9.70. The summed E-state index contributed by atoms with van der Waals surface area (Å²) in [7, 11) is 1.54.